The van der Waals surface area contributed by atoms with Crippen LogP contribution >= 0.6 is 0 Å². The highest BCUT2D eigenvalue weighted by Gasteiger charge is 2.47. The molecule has 2 heterocycles. The lowest BCUT2D eigenvalue weighted by molar-refractivity contribution is -0.159. The van der Waals surface area contributed by atoms with Gasteiger partial charge >= 0.3 is 18.0 Å². The van der Waals surface area contributed by atoms with Crippen LogP contribution in [0.15, 0.2) is 28.8 Å². The van der Waals surface area contributed by atoms with Crippen LogP contribution in [0.5, 0.6) is 0 Å². The normalized spacial score (nSPS) is 20.4. The van der Waals surface area contributed by atoms with E-state index in [-0.39, 0.29) is 29.9 Å². The summed E-state index contributed by atoms with van der Waals surface area (Å²) in [6.45, 7) is -0.619. The molecule has 0 saturated carbocycles. The number of aromatic nitrogens is 2. The van der Waals surface area contributed by atoms with E-state index in [0.717, 1.165) is 4.90 Å². The van der Waals surface area contributed by atoms with Crippen LogP contribution < -0.4 is 0 Å². The molecule has 1 N–H and O–H groups in total. The van der Waals surface area contributed by atoms with Crippen molar-refractivity contribution in [2.45, 2.75) is 18.3 Å². The standard InChI is InChI=1S/C15H11F4N3O4/c16-14(13(24)25)5-6-22(7-14)11(23)9-3-1-8(2-4-9)10-20-12(26-21-10)15(17,18)19/h1-4H,5-7H2,(H,24,25). The van der Waals surface area contributed by atoms with Gasteiger partial charge in [0.05, 0.1) is 6.54 Å². The summed E-state index contributed by atoms with van der Waals surface area (Å²) in [6, 6.07) is 5.24. The number of amides is 1. The van der Waals surface area contributed by atoms with Gasteiger partial charge in [-0.25, -0.2) is 9.18 Å². The number of carbonyl (C=O) groups is 2. The lowest BCUT2D eigenvalue weighted by Gasteiger charge is -2.17. The number of alkyl halides is 4. The zero-order valence-electron chi connectivity index (χ0n) is 13.0. The quantitative estimate of drug-likeness (QED) is 0.830. The third-order valence-corrected chi connectivity index (χ3v) is 3.95. The molecule has 1 fully saturated rings. The third-order valence-electron chi connectivity index (χ3n) is 3.95. The number of nitrogens with zero attached hydrogens (tertiary/aromatic N) is 3. The molecule has 11 heteroatoms. The summed E-state index contributed by atoms with van der Waals surface area (Å²) in [7, 11) is 0. The molecule has 2 aromatic rings. The van der Waals surface area contributed by atoms with E-state index in [1.54, 1.807) is 0 Å². The van der Waals surface area contributed by atoms with Crippen molar-refractivity contribution >= 4 is 11.9 Å². The Balaban J connectivity index is 1.75. The molecule has 1 unspecified atom stereocenters. The van der Waals surface area contributed by atoms with E-state index in [0.29, 0.717) is 0 Å². The monoisotopic (exact) mass is 373 g/mol. The molecule has 1 atom stereocenters. The number of aliphatic carboxylic acids is 1. The minimum atomic E-state index is -4.76. The number of carboxylic acids is 1. The van der Waals surface area contributed by atoms with Crippen LogP contribution in [0.2, 0.25) is 0 Å². The summed E-state index contributed by atoms with van der Waals surface area (Å²) in [6.07, 6.45) is -5.07. The number of carboxylic acid groups (broad SMARTS) is 1. The molecule has 1 aliphatic heterocycles. The highest BCUT2D eigenvalue weighted by atomic mass is 19.4. The summed E-state index contributed by atoms with van der Waals surface area (Å²) in [5.74, 6) is -3.99. The van der Waals surface area contributed by atoms with E-state index in [4.69, 9.17) is 5.11 Å². The molecule has 1 aliphatic rings. The van der Waals surface area contributed by atoms with Gasteiger partial charge in [0.1, 0.15) is 0 Å². The van der Waals surface area contributed by atoms with Crippen molar-refractivity contribution in [3.8, 4) is 11.4 Å². The maximum absolute atomic E-state index is 14.0. The minimum absolute atomic E-state index is 0.0524. The fourth-order valence-corrected chi connectivity index (χ4v) is 2.52. The third kappa shape index (κ3) is 3.24. The Labute approximate surface area is 143 Å². The number of likely N-dealkylation sites (tertiary alicyclic amines) is 1. The van der Waals surface area contributed by atoms with E-state index < -0.39 is 36.2 Å². The van der Waals surface area contributed by atoms with Crippen molar-refractivity contribution < 1.29 is 36.8 Å². The summed E-state index contributed by atoms with van der Waals surface area (Å²) >= 11 is 0. The maximum atomic E-state index is 14.0. The lowest BCUT2D eigenvalue weighted by atomic mass is 10.1. The maximum Gasteiger partial charge on any atom is 0.471 e. The van der Waals surface area contributed by atoms with Gasteiger partial charge in [0.25, 0.3) is 5.91 Å². The Morgan fingerprint density at radius 3 is 2.38 bits per heavy atom. The van der Waals surface area contributed by atoms with Crippen molar-refractivity contribution in [1.82, 2.24) is 15.0 Å². The van der Waals surface area contributed by atoms with Gasteiger partial charge in [0.2, 0.25) is 11.5 Å². The van der Waals surface area contributed by atoms with E-state index in [1.807, 2.05) is 0 Å². The lowest BCUT2D eigenvalue weighted by Crippen LogP contribution is -2.38. The topological polar surface area (TPSA) is 96.5 Å². The van der Waals surface area contributed by atoms with E-state index in [1.165, 1.54) is 24.3 Å². The van der Waals surface area contributed by atoms with Gasteiger partial charge in [0.15, 0.2) is 0 Å². The largest absolute Gasteiger partial charge is 0.479 e. The fraction of sp³-hybridized carbons (Fsp3) is 0.333. The Morgan fingerprint density at radius 2 is 1.88 bits per heavy atom. The van der Waals surface area contributed by atoms with E-state index in [9.17, 15) is 27.2 Å². The van der Waals surface area contributed by atoms with Crippen molar-refractivity contribution in [2.24, 2.45) is 0 Å². The van der Waals surface area contributed by atoms with Gasteiger partial charge in [0, 0.05) is 24.1 Å². The average molecular weight is 373 g/mol. The predicted molar refractivity (Wildman–Crippen MR) is 76.7 cm³/mol. The van der Waals surface area contributed by atoms with Gasteiger partial charge in [-0.15, -0.1) is 0 Å². The minimum Gasteiger partial charge on any atom is -0.479 e. The van der Waals surface area contributed by atoms with Crippen molar-refractivity contribution in [3.05, 3.63) is 35.7 Å². The Bertz CT molecular complexity index is 849. The molecule has 0 spiro atoms. The molecular weight excluding hydrogens is 362 g/mol. The number of carbonyl (C=O) groups excluding carboxylic acids is 1. The molecule has 26 heavy (non-hydrogen) atoms. The van der Waals surface area contributed by atoms with Crippen LogP contribution in [0.1, 0.15) is 22.7 Å². The Kier molecular flexibility index (Phi) is 4.17. The van der Waals surface area contributed by atoms with Crippen LogP contribution in [0.25, 0.3) is 11.4 Å². The first kappa shape index (κ1) is 17.8. The average Bonchev–Trinajstić information content (AvgIpc) is 3.22. The van der Waals surface area contributed by atoms with Gasteiger partial charge in [-0.3, -0.25) is 4.79 Å². The second-order valence-electron chi connectivity index (χ2n) is 5.75. The number of hydrogen-bond donors (Lipinski definition) is 1. The summed E-state index contributed by atoms with van der Waals surface area (Å²) in [4.78, 5) is 27.5. The first-order chi connectivity index (χ1) is 12.1. The van der Waals surface area contributed by atoms with Crippen molar-refractivity contribution in [2.75, 3.05) is 13.1 Å². The van der Waals surface area contributed by atoms with Gasteiger partial charge in [-0.2, -0.15) is 18.2 Å². The van der Waals surface area contributed by atoms with E-state index >= 15 is 0 Å². The first-order valence-corrected chi connectivity index (χ1v) is 7.33. The molecule has 138 valence electrons. The molecule has 1 saturated heterocycles. The fourth-order valence-electron chi connectivity index (χ4n) is 2.52. The SMILES string of the molecule is O=C(c1ccc(-c2noc(C(F)(F)F)n2)cc1)N1CCC(F)(C(=O)O)C1. The number of hydrogen-bond acceptors (Lipinski definition) is 5. The molecule has 7 nitrogen and oxygen atoms in total. The molecule has 1 aromatic carbocycles. The number of halogens is 4. The molecule has 0 radical (unpaired) electrons. The summed E-state index contributed by atoms with van der Waals surface area (Å²) in [5, 5.41) is 12.1. The molecular formula is C15H11F4N3O4. The van der Waals surface area contributed by atoms with Gasteiger partial charge < -0.3 is 14.5 Å². The van der Waals surface area contributed by atoms with Crippen LogP contribution in [-0.4, -0.2) is 50.8 Å². The van der Waals surface area contributed by atoms with Crippen LogP contribution in [-0.2, 0) is 11.0 Å². The highest BCUT2D eigenvalue weighted by molar-refractivity contribution is 5.95. The van der Waals surface area contributed by atoms with Crippen LogP contribution in [0, 0.1) is 0 Å². The second kappa shape index (κ2) is 6.07. The zero-order valence-corrected chi connectivity index (χ0v) is 13.0. The Morgan fingerprint density at radius 1 is 1.23 bits per heavy atom. The second-order valence-corrected chi connectivity index (χ2v) is 5.75. The van der Waals surface area contributed by atoms with Gasteiger partial charge in [-0.1, -0.05) is 17.3 Å². The smallest absolute Gasteiger partial charge is 0.471 e. The molecule has 1 amide bonds. The summed E-state index contributed by atoms with van der Waals surface area (Å²) < 4.78 is 55.5. The molecule has 1 aromatic heterocycles. The molecule has 3 rings (SSSR count). The van der Waals surface area contributed by atoms with Gasteiger partial charge in [-0.05, 0) is 12.1 Å². The Hall–Kier alpha value is -2.98. The van der Waals surface area contributed by atoms with Crippen LogP contribution in [0.3, 0.4) is 0 Å². The summed E-state index contributed by atoms with van der Waals surface area (Å²) in [5.41, 5.74) is -2.16. The van der Waals surface area contributed by atoms with Crippen LogP contribution in [0.4, 0.5) is 17.6 Å². The molecule has 0 bridgehead atoms. The highest BCUT2D eigenvalue weighted by Crippen LogP contribution is 2.30. The van der Waals surface area contributed by atoms with Crippen molar-refractivity contribution in [1.29, 1.82) is 0 Å². The van der Waals surface area contributed by atoms with E-state index in [2.05, 4.69) is 14.7 Å². The van der Waals surface area contributed by atoms with Crippen molar-refractivity contribution in [3.63, 3.8) is 0 Å². The predicted octanol–water partition coefficient (Wildman–Crippen LogP) is 2.39. The molecule has 0 aliphatic carbocycles. The zero-order chi connectivity index (χ0) is 19.1. The first-order valence-electron chi connectivity index (χ1n) is 7.33. The number of benzene rings is 1. The number of rotatable bonds is 3.